The van der Waals surface area contributed by atoms with Gasteiger partial charge in [-0.15, -0.1) is 0 Å². The number of hydrogen-bond donors (Lipinski definition) is 2. The third-order valence-electron chi connectivity index (χ3n) is 7.31. The molecule has 1 aliphatic carbocycles. The van der Waals surface area contributed by atoms with Crippen molar-refractivity contribution in [3.63, 3.8) is 0 Å². The van der Waals surface area contributed by atoms with Gasteiger partial charge in [-0.1, -0.05) is 48.5 Å². The average molecular weight is 658 g/mol. The van der Waals surface area contributed by atoms with E-state index >= 15 is 0 Å². The number of nitrogens with one attached hydrogen (secondary N) is 1. The molecule has 2 aromatic carbocycles. The molecule has 2 aliphatic rings. The molecule has 1 amide bonds. The summed E-state index contributed by atoms with van der Waals surface area (Å²) in [5.74, 6) is -5.01. The first-order chi connectivity index (χ1) is 22.3. The minimum Gasteiger partial charge on any atom is -0.480 e. The summed E-state index contributed by atoms with van der Waals surface area (Å²) in [6.45, 7) is 2.98. The maximum atomic E-state index is 12.8. The number of carboxylic acid groups (broad SMARTS) is 1. The summed E-state index contributed by atoms with van der Waals surface area (Å²) in [6, 6.07) is 13.7. The summed E-state index contributed by atoms with van der Waals surface area (Å²) in [5.41, 5.74) is 3.95. The molecular weight excluding hydrogens is 622 g/mol. The molecule has 0 aromatic heterocycles. The first-order valence-electron chi connectivity index (χ1n) is 14.6. The molecule has 15 nitrogen and oxygen atoms in total. The minimum absolute atomic E-state index is 0.0766. The topological polar surface area (TPSA) is 199 Å². The number of hydrogen-bond acceptors (Lipinski definition) is 13. The molecule has 2 aromatic rings. The Bertz CT molecular complexity index is 1460. The number of carbonyl (C=O) groups excluding carboxylic acids is 5. The standard InChI is InChI=1S/C32H35NO14/c1-16(34)41-15-26-27(44-17(2)35)28(45-18(3)36)29(46-19(4)37)31(47-26)42-14-25(30(38)39)33-32(40)43-13-24-22-11-7-5-9-20(22)21-10-6-8-12-23(21)24/h5-12,24-29,31H,13-15H2,1-4H3,(H,33,40)(H,38,39)/t25-,26-,27+,28-,29+,31-/m0/s1. The molecular formula is C32H35NO14. The zero-order chi connectivity index (χ0) is 34.2. The van der Waals surface area contributed by atoms with E-state index in [1.807, 2.05) is 48.5 Å². The molecule has 0 unspecified atom stereocenters. The smallest absolute Gasteiger partial charge is 0.407 e. The molecule has 4 rings (SSSR count). The number of ether oxygens (including phenoxy) is 7. The van der Waals surface area contributed by atoms with Gasteiger partial charge in [0, 0.05) is 33.6 Å². The molecule has 252 valence electrons. The number of amides is 1. The van der Waals surface area contributed by atoms with Gasteiger partial charge in [0.15, 0.2) is 30.6 Å². The number of rotatable bonds is 12. The molecule has 2 N–H and O–H groups in total. The maximum Gasteiger partial charge on any atom is 0.407 e. The average Bonchev–Trinajstić information content (AvgIpc) is 3.32. The van der Waals surface area contributed by atoms with E-state index in [2.05, 4.69) is 5.32 Å². The van der Waals surface area contributed by atoms with Crippen LogP contribution in [0.2, 0.25) is 0 Å². The van der Waals surface area contributed by atoms with Crippen molar-refractivity contribution < 1.29 is 67.0 Å². The Morgan fingerprint density at radius 2 is 1.26 bits per heavy atom. The van der Waals surface area contributed by atoms with Crippen LogP contribution in [0.1, 0.15) is 44.7 Å². The minimum atomic E-state index is -1.68. The highest BCUT2D eigenvalue weighted by Crippen LogP contribution is 2.44. The zero-order valence-electron chi connectivity index (χ0n) is 26.0. The molecule has 0 radical (unpaired) electrons. The molecule has 1 fully saturated rings. The Hall–Kier alpha value is -5.02. The molecule has 1 heterocycles. The molecule has 0 spiro atoms. The number of carbonyl (C=O) groups is 6. The van der Waals surface area contributed by atoms with Gasteiger partial charge in [0.1, 0.15) is 19.3 Å². The lowest BCUT2D eigenvalue weighted by atomic mass is 9.98. The number of esters is 4. The van der Waals surface area contributed by atoms with Crippen molar-refractivity contribution in [1.29, 1.82) is 0 Å². The van der Waals surface area contributed by atoms with Gasteiger partial charge < -0.3 is 43.6 Å². The Morgan fingerprint density at radius 3 is 1.79 bits per heavy atom. The predicted octanol–water partition coefficient (Wildman–Crippen LogP) is 2.08. The zero-order valence-corrected chi connectivity index (χ0v) is 26.0. The van der Waals surface area contributed by atoms with Gasteiger partial charge in [0.05, 0.1) is 6.61 Å². The summed E-state index contributed by atoms with van der Waals surface area (Å²) in [7, 11) is 0. The highest BCUT2D eigenvalue weighted by Gasteiger charge is 2.53. The molecule has 47 heavy (non-hydrogen) atoms. The van der Waals surface area contributed by atoms with Crippen molar-refractivity contribution in [2.24, 2.45) is 0 Å². The molecule has 6 atom stereocenters. The number of fused-ring (bicyclic) bond motifs is 3. The second kappa shape index (κ2) is 15.5. The van der Waals surface area contributed by atoms with Crippen LogP contribution in [-0.4, -0.2) is 97.6 Å². The highest BCUT2D eigenvalue weighted by molar-refractivity contribution is 5.81. The van der Waals surface area contributed by atoms with Gasteiger partial charge in [-0.3, -0.25) is 19.2 Å². The summed E-state index contributed by atoms with van der Waals surface area (Å²) in [5, 5.41) is 12.1. The SMILES string of the molecule is CC(=O)OC[C@@H]1O[C@H](OC[C@H](NC(=O)OCC2c3ccccc3-c3ccccc32)C(=O)O)[C@H](OC(C)=O)[C@@H](OC(C)=O)[C@@H]1OC(C)=O. The normalized spacial score (nSPS) is 22.1. The van der Waals surface area contributed by atoms with Gasteiger partial charge >= 0.3 is 35.9 Å². The van der Waals surface area contributed by atoms with E-state index in [0.717, 1.165) is 49.9 Å². The van der Waals surface area contributed by atoms with Gasteiger partial charge in [0.2, 0.25) is 0 Å². The Morgan fingerprint density at radius 1 is 0.723 bits per heavy atom. The lowest BCUT2D eigenvalue weighted by Crippen LogP contribution is -2.63. The Balaban J connectivity index is 1.48. The van der Waals surface area contributed by atoms with E-state index in [1.165, 1.54) is 0 Å². The summed E-state index contributed by atoms with van der Waals surface area (Å²) in [6.07, 6.45) is -8.49. The van der Waals surface area contributed by atoms with Crippen molar-refractivity contribution >= 4 is 35.9 Å². The monoisotopic (exact) mass is 657 g/mol. The lowest BCUT2D eigenvalue weighted by Gasteiger charge is -2.44. The van der Waals surface area contributed by atoms with Crippen LogP contribution >= 0.6 is 0 Å². The van der Waals surface area contributed by atoms with Gasteiger partial charge in [-0.2, -0.15) is 0 Å². The lowest BCUT2D eigenvalue weighted by molar-refractivity contribution is -0.308. The van der Waals surface area contributed by atoms with E-state index in [0.29, 0.717) is 0 Å². The summed E-state index contributed by atoms with van der Waals surface area (Å²) < 4.78 is 37.9. The van der Waals surface area contributed by atoms with Crippen LogP contribution in [0.15, 0.2) is 48.5 Å². The molecule has 15 heteroatoms. The highest BCUT2D eigenvalue weighted by atomic mass is 16.7. The quantitative estimate of drug-likeness (QED) is 0.248. The van der Waals surface area contributed by atoms with Crippen molar-refractivity contribution in [2.75, 3.05) is 19.8 Å². The van der Waals surface area contributed by atoms with E-state index in [-0.39, 0.29) is 12.5 Å². The third-order valence-corrected chi connectivity index (χ3v) is 7.31. The summed E-state index contributed by atoms with van der Waals surface area (Å²) in [4.78, 5) is 72.4. The first kappa shape index (κ1) is 34.8. The van der Waals surface area contributed by atoms with E-state index in [9.17, 15) is 33.9 Å². The molecule has 0 saturated carbocycles. The van der Waals surface area contributed by atoms with Crippen LogP contribution in [0, 0.1) is 0 Å². The van der Waals surface area contributed by atoms with Crippen molar-refractivity contribution in [1.82, 2.24) is 5.32 Å². The summed E-state index contributed by atoms with van der Waals surface area (Å²) >= 11 is 0. The predicted molar refractivity (Wildman–Crippen MR) is 158 cm³/mol. The number of alkyl carbamates (subject to hydrolysis) is 1. The van der Waals surface area contributed by atoms with E-state index in [4.69, 9.17) is 33.2 Å². The van der Waals surface area contributed by atoms with E-state index < -0.39 is 85.9 Å². The largest absolute Gasteiger partial charge is 0.480 e. The van der Waals surface area contributed by atoms with Crippen LogP contribution < -0.4 is 5.32 Å². The van der Waals surface area contributed by atoms with Crippen LogP contribution in [-0.2, 0) is 57.1 Å². The van der Waals surface area contributed by atoms with Gasteiger partial charge in [-0.05, 0) is 22.3 Å². The van der Waals surface area contributed by atoms with E-state index in [1.54, 1.807) is 0 Å². The number of benzene rings is 2. The van der Waals surface area contributed by atoms with Crippen molar-refractivity contribution in [2.45, 2.75) is 70.4 Å². The van der Waals surface area contributed by atoms with Crippen LogP contribution in [0.3, 0.4) is 0 Å². The first-order valence-corrected chi connectivity index (χ1v) is 14.6. The number of aliphatic carboxylic acids is 1. The fourth-order valence-electron chi connectivity index (χ4n) is 5.47. The maximum absolute atomic E-state index is 12.8. The van der Waals surface area contributed by atoms with Crippen LogP contribution in [0.25, 0.3) is 11.1 Å². The van der Waals surface area contributed by atoms with Crippen LogP contribution in [0.5, 0.6) is 0 Å². The van der Waals surface area contributed by atoms with Gasteiger partial charge in [-0.25, -0.2) is 9.59 Å². The number of carboxylic acids is 1. The Kier molecular flexibility index (Phi) is 11.5. The van der Waals surface area contributed by atoms with Gasteiger partial charge in [0.25, 0.3) is 0 Å². The second-order valence-corrected chi connectivity index (χ2v) is 10.8. The van der Waals surface area contributed by atoms with Crippen LogP contribution in [0.4, 0.5) is 4.79 Å². The molecule has 1 aliphatic heterocycles. The molecule has 0 bridgehead atoms. The Labute approximate surface area is 269 Å². The second-order valence-electron chi connectivity index (χ2n) is 10.8. The fraction of sp³-hybridized carbons (Fsp3) is 0.438. The molecule has 1 saturated heterocycles. The van der Waals surface area contributed by atoms with Crippen molar-refractivity contribution in [3.8, 4) is 11.1 Å². The third kappa shape index (κ3) is 8.83. The van der Waals surface area contributed by atoms with Crippen molar-refractivity contribution in [3.05, 3.63) is 59.7 Å². The fourth-order valence-corrected chi connectivity index (χ4v) is 5.47.